The highest BCUT2D eigenvalue weighted by Gasteiger charge is 2.16. The summed E-state index contributed by atoms with van der Waals surface area (Å²) in [5, 5.41) is 19.4. The van der Waals surface area contributed by atoms with Gasteiger partial charge in [-0.15, -0.1) is 10.2 Å². The highest BCUT2D eigenvalue weighted by molar-refractivity contribution is 8.01. The van der Waals surface area contributed by atoms with Crippen molar-refractivity contribution in [3.05, 3.63) is 38.9 Å². The van der Waals surface area contributed by atoms with E-state index in [1.165, 1.54) is 42.2 Å². The molecule has 0 fully saturated rings. The maximum atomic E-state index is 11.6. The number of carbonyl (C=O) groups is 1. The normalized spacial score (nSPS) is 10.4. The van der Waals surface area contributed by atoms with Crippen LogP contribution in [0.4, 0.5) is 5.69 Å². The lowest BCUT2D eigenvalue weighted by Gasteiger charge is -2.04. The molecule has 98 valence electrons. The Balaban J connectivity index is 2.39. The van der Waals surface area contributed by atoms with Gasteiger partial charge in [-0.05, 0) is 19.9 Å². The van der Waals surface area contributed by atoms with Gasteiger partial charge in [0.2, 0.25) is 0 Å². The lowest BCUT2D eigenvalue weighted by atomic mass is 10.1. The summed E-state index contributed by atoms with van der Waals surface area (Å²) in [6.07, 6.45) is 0. The zero-order valence-corrected chi connectivity index (χ0v) is 11.7. The zero-order valence-electron chi connectivity index (χ0n) is 10.1. The number of ketones is 1. The summed E-state index contributed by atoms with van der Waals surface area (Å²) in [6.45, 7) is 3.22. The number of carbonyl (C=O) groups excluding carboxylic acids is 1. The monoisotopic (exact) mass is 295 g/mol. The van der Waals surface area contributed by atoms with Gasteiger partial charge in [-0.2, -0.15) is 0 Å². The molecule has 0 atom stereocenters. The molecule has 0 amide bonds. The molecule has 6 nitrogen and oxygen atoms in total. The molecule has 0 N–H and O–H groups in total. The van der Waals surface area contributed by atoms with Crippen molar-refractivity contribution in [3.8, 4) is 0 Å². The van der Waals surface area contributed by atoms with Crippen molar-refractivity contribution in [1.29, 1.82) is 0 Å². The summed E-state index contributed by atoms with van der Waals surface area (Å²) >= 11 is 2.69. The Bertz CT molecular complexity index is 654. The predicted octanol–water partition coefficient (Wildman–Crippen LogP) is 3.11. The Hall–Kier alpha value is -1.80. The first-order valence-electron chi connectivity index (χ1n) is 5.24. The van der Waals surface area contributed by atoms with E-state index in [1.54, 1.807) is 6.07 Å². The summed E-state index contributed by atoms with van der Waals surface area (Å²) in [5.41, 5.74) is 0.232. The van der Waals surface area contributed by atoms with E-state index in [1.807, 2.05) is 6.92 Å². The standard InChI is InChI=1S/C11H9N3O3S2/c1-6(15)9-5-8(14(16)17)3-4-10(9)19-11-13-12-7(2)18-11/h3-5H,1-2H3. The fraction of sp³-hybridized carbons (Fsp3) is 0.182. The first-order valence-corrected chi connectivity index (χ1v) is 6.88. The molecule has 0 aliphatic heterocycles. The van der Waals surface area contributed by atoms with E-state index < -0.39 is 4.92 Å². The minimum Gasteiger partial charge on any atom is -0.294 e. The van der Waals surface area contributed by atoms with Crippen molar-refractivity contribution in [1.82, 2.24) is 10.2 Å². The lowest BCUT2D eigenvalue weighted by molar-refractivity contribution is -0.384. The van der Waals surface area contributed by atoms with Crippen LogP contribution in [0.3, 0.4) is 0 Å². The van der Waals surface area contributed by atoms with Crippen molar-refractivity contribution in [2.45, 2.75) is 23.1 Å². The largest absolute Gasteiger partial charge is 0.294 e. The molecule has 1 heterocycles. The van der Waals surface area contributed by atoms with Crippen LogP contribution < -0.4 is 0 Å². The number of rotatable bonds is 4. The SMILES string of the molecule is CC(=O)c1cc([N+](=O)[O-])ccc1Sc1nnc(C)s1. The number of hydrogen-bond acceptors (Lipinski definition) is 7. The molecule has 0 radical (unpaired) electrons. The van der Waals surface area contributed by atoms with Gasteiger partial charge < -0.3 is 0 Å². The Kier molecular flexibility index (Phi) is 3.91. The second-order valence-corrected chi connectivity index (χ2v) is 6.15. The van der Waals surface area contributed by atoms with Crippen molar-refractivity contribution < 1.29 is 9.72 Å². The van der Waals surface area contributed by atoms with Crippen molar-refractivity contribution in [3.63, 3.8) is 0 Å². The smallest absolute Gasteiger partial charge is 0.270 e. The minimum atomic E-state index is -0.518. The first kappa shape index (κ1) is 13.6. The van der Waals surface area contributed by atoms with Gasteiger partial charge in [0.05, 0.1) is 4.92 Å². The Morgan fingerprint density at radius 2 is 2.16 bits per heavy atom. The summed E-state index contributed by atoms with van der Waals surface area (Å²) in [5.74, 6) is -0.215. The van der Waals surface area contributed by atoms with Gasteiger partial charge >= 0.3 is 0 Å². The van der Waals surface area contributed by atoms with Crippen LogP contribution in [0, 0.1) is 17.0 Å². The molecule has 0 saturated heterocycles. The molecule has 19 heavy (non-hydrogen) atoms. The molecule has 0 unspecified atom stereocenters. The topological polar surface area (TPSA) is 86.0 Å². The molecule has 2 aromatic rings. The third kappa shape index (κ3) is 3.15. The van der Waals surface area contributed by atoms with Crippen LogP contribution in [0.25, 0.3) is 0 Å². The minimum absolute atomic E-state index is 0.0944. The van der Waals surface area contributed by atoms with E-state index in [0.29, 0.717) is 14.8 Å². The van der Waals surface area contributed by atoms with Gasteiger partial charge in [0, 0.05) is 22.6 Å². The van der Waals surface area contributed by atoms with E-state index in [4.69, 9.17) is 0 Å². The van der Waals surface area contributed by atoms with Crippen LogP contribution in [0.5, 0.6) is 0 Å². The van der Waals surface area contributed by atoms with E-state index >= 15 is 0 Å². The van der Waals surface area contributed by atoms with E-state index in [0.717, 1.165) is 5.01 Å². The number of hydrogen-bond donors (Lipinski definition) is 0. The van der Waals surface area contributed by atoms with Crippen LogP contribution in [0.15, 0.2) is 27.4 Å². The van der Waals surface area contributed by atoms with Crippen LogP contribution in [0.1, 0.15) is 22.3 Å². The van der Waals surface area contributed by atoms with Crippen molar-refractivity contribution in [2.24, 2.45) is 0 Å². The van der Waals surface area contributed by atoms with Gasteiger partial charge in [-0.1, -0.05) is 23.1 Å². The Labute approximate surface area is 117 Å². The fourth-order valence-corrected chi connectivity index (χ4v) is 3.34. The number of nitro groups is 1. The maximum absolute atomic E-state index is 11.6. The summed E-state index contributed by atoms with van der Waals surface area (Å²) in [7, 11) is 0. The first-order chi connectivity index (χ1) is 8.97. The summed E-state index contributed by atoms with van der Waals surface area (Å²) in [6, 6.07) is 4.23. The highest BCUT2D eigenvalue weighted by Crippen LogP contribution is 2.34. The molecule has 1 aromatic carbocycles. The number of Topliss-reactive ketones (excluding diaryl/α,β-unsaturated/α-hetero) is 1. The molecule has 0 spiro atoms. The van der Waals surface area contributed by atoms with Crippen LogP contribution in [-0.4, -0.2) is 20.9 Å². The van der Waals surface area contributed by atoms with E-state index in [9.17, 15) is 14.9 Å². The van der Waals surface area contributed by atoms with E-state index in [2.05, 4.69) is 10.2 Å². The van der Waals surface area contributed by atoms with Gasteiger partial charge in [-0.3, -0.25) is 14.9 Å². The molecule has 0 saturated carbocycles. The molecule has 0 aliphatic rings. The average Bonchev–Trinajstić information content (AvgIpc) is 2.74. The second-order valence-electron chi connectivity index (χ2n) is 3.68. The number of benzene rings is 1. The zero-order chi connectivity index (χ0) is 14.0. The molecule has 0 bridgehead atoms. The van der Waals surface area contributed by atoms with Crippen LogP contribution >= 0.6 is 23.1 Å². The van der Waals surface area contributed by atoms with Gasteiger partial charge in [-0.25, -0.2) is 0 Å². The molecule has 8 heteroatoms. The quantitative estimate of drug-likeness (QED) is 0.489. The molecule has 1 aromatic heterocycles. The number of aromatic nitrogens is 2. The summed E-state index contributed by atoms with van der Waals surface area (Å²) in [4.78, 5) is 22.4. The Morgan fingerprint density at radius 1 is 1.42 bits per heavy atom. The molecular formula is C11H9N3O3S2. The summed E-state index contributed by atoms with van der Waals surface area (Å²) < 4.78 is 0.703. The van der Waals surface area contributed by atoms with Crippen molar-refractivity contribution in [2.75, 3.05) is 0 Å². The predicted molar refractivity (Wildman–Crippen MR) is 71.9 cm³/mol. The van der Waals surface area contributed by atoms with Gasteiger partial charge in [0.1, 0.15) is 5.01 Å². The number of nitrogens with zero attached hydrogens (tertiary/aromatic N) is 3. The second kappa shape index (κ2) is 5.45. The van der Waals surface area contributed by atoms with E-state index in [-0.39, 0.29) is 11.5 Å². The van der Waals surface area contributed by atoms with Crippen LogP contribution in [-0.2, 0) is 0 Å². The molecule has 0 aliphatic carbocycles. The molecule has 2 rings (SSSR count). The third-order valence-corrected chi connectivity index (χ3v) is 4.22. The number of aryl methyl sites for hydroxylation is 1. The maximum Gasteiger partial charge on any atom is 0.270 e. The van der Waals surface area contributed by atoms with Gasteiger partial charge in [0.25, 0.3) is 5.69 Å². The van der Waals surface area contributed by atoms with Crippen LogP contribution in [0.2, 0.25) is 0 Å². The Morgan fingerprint density at radius 3 is 2.68 bits per heavy atom. The molecular weight excluding hydrogens is 286 g/mol. The highest BCUT2D eigenvalue weighted by atomic mass is 32.2. The number of non-ortho nitro benzene ring substituents is 1. The van der Waals surface area contributed by atoms with Gasteiger partial charge in [0.15, 0.2) is 10.1 Å². The fourth-order valence-electron chi connectivity index (χ4n) is 1.41. The third-order valence-electron chi connectivity index (χ3n) is 2.26. The lowest BCUT2D eigenvalue weighted by Crippen LogP contribution is -1.97. The average molecular weight is 295 g/mol. The number of nitro benzene ring substituents is 1. The van der Waals surface area contributed by atoms with Crippen molar-refractivity contribution >= 4 is 34.6 Å².